The maximum absolute atomic E-state index is 12.3. The summed E-state index contributed by atoms with van der Waals surface area (Å²) in [6, 6.07) is 5.86. The number of nitriles is 1. The molecule has 1 atom stereocenters. The number of ether oxygens (including phenoxy) is 1. The van der Waals surface area contributed by atoms with Gasteiger partial charge in [-0.1, -0.05) is 0 Å². The number of alkyl halides is 3. The molecular formula is C11H7F3N2O2. The first-order chi connectivity index (χ1) is 8.41. The van der Waals surface area contributed by atoms with Crippen LogP contribution in [0.1, 0.15) is 5.56 Å². The number of rotatable bonds is 1. The zero-order valence-electron chi connectivity index (χ0n) is 8.94. The first-order valence-corrected chi connectivity index (χ1v) is 4.97. The van der Waals surface area contributed by atoms with Crippen molar-refractivity contribution in [3.8, 4) is 6.07 Å². The Bertz CT molecular complexity index is 505. The van der Waals surface area contributed by atoms with Gasteiger partial charge in [0.2, 0.25) is 6.10 Å². The van der Waals surface area contributed by atoms with Gasteiger partial charge in [-0.3, -0.25) is 4.90 Å². The molecule has 1 aromatic carbocycles. The van der Waals surface area contributed by atoms with Crippen LogP contribution in [0.25, 0.3) is 0 Å². The summed E-state index contributed by atoms with van der Waals surface area (Å²) >= 11 is 0. The molecule has 0 aromatic heterocycles. The quantitative estimate of drug-likeness (QED) is 0.775. The van der Waals surface area contributed by atoms with Crippen LogP contribution < -0.4 is 4.90 Å². The molecule has 0 N–H and O–H groups in total. The minimum Gasteiger partial charge on any atom is -0.428 e. The normalized spacial score (nSPS) is 19.6. The van der Waals surface area contributed by atoms with Gasteiger partial charge in [0, 0.05) is 5.69 Å². The third-order valence-electron chi connectivity index (χ3n) is 2.46. The van der Waals surface area contributed by atoms with E-state index in [1.54, 1.807) is 6.07 Å². The van der Waals surface area contributed by atoms with Crippen molar-refractivity contribution in [1.82, 2.24) is 0 Å². The largest absolute Gasteiger partial charge is 0.428 e. The van der Waals surface area contributed by atoms with Crippen LogP contribution in [0.3, 0.4) is 0 Å². The SMILES string of the molecule is N#CC1CN(c2ccc(C(F)(F)F)cc2)C(=O)O1. The Labute approximate surface area is 100 Å². The number of hydrogen-bond donors (Lipinski definition) is 0. The van der Waals surface area contributed by atoms with Gasteiger partial charge in [-0.15, -0.1) is 0 Å². The number of benzene rings is 1. The second-order valence-electron chi connectivity index (χ2n) is 3.66. The maximum atomic E-state index is 12.3. The second kappa shape index (κ2) is 4.22. The molecule has 1 aromatic rings. The van der Waals surface area contributed by atoms with Crippen molar-refractivity contribution < 1.29 is 22.7 Å². The number of nitrogens with zero attached hydrogens (tertiary/aromatic N) is 2. The predicted octanol–water partition coefficient (Wildman–Crippen LogP) is 2.55. The summed E-state index contributed by atoms with van der Waals surface area (Å²) in [6.45, 7) is 0.0146. The number of halogens is 3. The van der Waals surface area contributed by atoms with Gasteiger partial charge in [0.1, 0.15) is 6.07 Å². The van der Waals surface area contributed by atoms with Crippen LogP contribution in [-0.2, 0) is 10.9 Å². The van der Waals surface area contributed by atoms with Gasteiger partial charge in [-0.05, 0) is 24.3 Å². The molecule has 1 amide bonds. The van der Waals surface area contributed by atoms with Crippen molar-refractivity contribution in [3.63, 3.8) is 0 Å². The Morgan fingerprint density at radius 3 is 2.39 bits per heavy atom. The van der Waals surface area contributed by atoms with E-state index in [-0.39, 0.29) is 12.2 Å². The van der Waals surface area contributed by atoms with E-state index in [0.717, 1.165) is 17.0 Å². The summed E-state index contributed by atoms with van der Waals surface area (Å²) in [5.74, 6) is 0. The second-order valence-corrected chi connectivity index (χ2v) is 3.66. The Hall–Kier alpha value is -2.23. The summed E-state index contributed by atoms with van der Waals surface area (Å²) in [7, 11) is 0. The van der Waals surface area contributed by atoms with Crippen molar-refractivity contribution in [2.24, 2.45) is 0 Å². The summed E-state index contributed by atoms with van der Waals surface area (Å²) in [6.07, 6.45) is -6.04. The molecular weight excluding hydrogens is 249 g/mol. The van der Waals surface area contributed by atoms with Gasteiger partial charge >= 0.3 is 12.3 Å². The minimum absolute atomic E-state index is 0.0146. The van der Waals surface area contributed by atoms with Crippen LogP contribution in [0.15, 0.2) is 24.3 Å². The zero-order valence-corrected chi connectivity index (χ0v) is 8.94. The lowest BCUT2D eigenvalue weighted by Gasteiger charge is -2.13. The monoisotopic (exact) mass is 256 g/mol. The molecule has 0 bridgehead atoms. The number of amides is 1. The van der Waals surface area contributed by atoms with Gasteiger partial charge < -0.3 is 4.74 Å². The van der Waals surface area contributed by atoms with Crippen molar-refractivity contribution in [2.75, 3.05) is 11.4 Å². The van der Waals surface area contributed by atoms with Gasteiger partial charge in [0.05, 0.1) is 12.1 Å². The van der Waals surface area contributed by atoms with E-state index in [4.69, 9.17) is 5.26 Å². The fraction of sp³-hybridized carbons (Fsp3) is 0.273. The lowest BCUT2D eigenvalue weighted by molar-refractivity contribution is -0.137. The van der Waals surface area contributed by atoms with Crippen LogP contribution in [-0.4, -0.2) is 18.7 Å². The first kappa shape index (κ1) is 12.2. The van der Waals surface area contributed by atoms with E-state index in [0.29, 0.717) is 0 Å². The number of cyclic esters (lactones) is 1. The van der Waals surface area contributed by atoms with Crippen LogP contribution in [0.4, 0.5) is 23.7 Å². The minimum atomic E-state index is -4.42. The fourth-order valence-corrected chi connectivity index (χ4v) is 1.57. The average molecular weight is 256 g/mol. The summed E-state index contributed by atoms with van der Waals surface area (Å²) in [5, 5.41) is 8.60. The number of carbonyl (C=O) groups excluding carboxylic acids is 1. The Morgan fingerprint density at radius 2 is 1.94 bits per heavy atom. The lowest BCUT2D eigenvalue weighted by atomic mass is 10.2. The fourth-order valence-electron chi connectivity index (χ4n) is 1.57. The Morgan fingerprint density at radius 1 is 1.33 bits per heavy atom. The molecule has 1 saturated heterocycles. The van der Waals surface area contributed by atoms with Crippen LogP contribution >= 0.6 is 0 Å². The van der Waals surface area contributed by atoms with E-state index in [2.05, 4.69) is 4.74 Å². The highest BCUT2D eigenvalue weighted by molar-refractivity contribution is 5.90. The van der Waals surface area contributed by atoms with Gasteiger partial charge in [0.15, 0.2) is 0 Å². The topological polar surface area (TPSA) is 53.3 Å². The highest BCUT2D eigenvalue weighted by Gasteiger charge is 2.34. The third kappa shape index (κ3) is 2.22. The molecule has 0 aliphatic carbocycles. The molecule has 1 unspecified atom stereocenters. The van der Waals surface area contributed by atoms with Crippen molar-refractivity contribution in [2.45, 2.75) is 12.3 Å². The van der Waals surface area contributed by atoms with Crippen LogP contribution in [0, 0.1) is 11.3 Å². The number of carbonyl (C=O) groups is 1. The van der Waals surface area contributed by atoms with E-state index < -0.39 is 23.9 Å². The molecule has 1 aliphatic heterocycles. The Balaban J connectivity index is 2.21. The highest BCUT2D eigenvalue weighted by atomic mass is 19.4. The molecule has 1 aliphatic rings. The van der Waals surface area contributed by atoms with E-state index >= 15 is 0 Å². The molecule has 0 saturated carbocycles. The van der Waals surface area contributed by atoms with Crippen molar-refractivity contribution in [1.29, 1.82) is 5.26 Å². The van der Waals surface area contributed by atoms with E-state index in [1.807, 2.05) is 0 Å². The zero-order chi connectivity index (χ0) is 13.3. The van der Waals surface area contributed by atoms with Crippen molar-refractivity contribution in [3.05, 3.63) is 29.8 Å². The van der Waals surface area contributed by atoms with Gasteiger partial charge in [-0.2, -0.15) is 18.4 Å². The summed E-state index contributed by atoms with van der Waals surface area (Å²) < 4.78 is 41.7. The van der Waals surface area contributed by atoms with E-state index in [1.165, 1.54) is 12.1 Å². The summed E-state index contributed by atoms with van der Waals surface area (Å²) in [5.41, 5.74) is -0.526. The third-order valence-corrected chi connectivity index (χ3v) is 2.46. The standard InChI is InChI=1S/C11H7F3N2O2/c12-11(13,14)7-1-3-8(4-2-7)16-6-9(5-15)18-10(16)17/h1-4,9H,6H2. The molecule has 1 heterocycles. The maximum Gasteiger partial charge on any atom is 0.416 e. The molecule has 94 valence electrons. The smallest absolute Gasteiger partial charge is 0.416 e. The molecule has 2 rings (SSSR count). The lowest BCUT2D eigenvalue weighted by Crippen LogP contribution is -2.24. The molecule has 0 spiro atoms. The van der Waals surface area contributed by atoms with E-state index in [9.17, 15) is 18.0 Å². The molecule has 18 heavy (non-hydrogen) atoms. The van der Waals surface area contributed by atoms with Crippen LogP contribution in [0.5, 0.6) is 0 Å². The molecule has 0 radical (unpaired) electrons. The molecule has 7 heteroatoms. The Kier molecular flexibility index (Phi) is 2.87. The first-order valence-electron chi connectivity index (χ1n) is 4.97. The highest BCUT2D eigenvalue weighted by Crippen LogP contribution is 2.31. The molecule has 1 fully saturated rings. The summed E-state index contributed by atoms with van der Waals surface area (Å²) in [4.78, 5) is 12.5. The number of hydrogen-bond acceptors (Lipinski definition) is 3. The number of anilines is 1. The van der Waals surface area contributed by atoms with Crippen LogP contribution in [0.2, 0.25) is 0 Å². The van der Waals surface area contributed by atoms with Gasteiger partial charge in [0.25, 0.3) is 0 Å². The average Bonchev–Trinajstić information content (AvgIpc) is 2.70. The molecule has 4 nitrogen and oxygen atoms in total. The van der Waals surface area contributed by atoms with Crippen molar-refractivity contribution >= 4 is 11.8 Å². The predicted molar refractivity (Wildman–Crippen MR) is 54.7 cm³/mol. The van der Waals surface area contributed by atoms with Gasteiger partial charge in [-0.25, -0.2) is 4.79 Å².